The van der Waals surface area contributed by atoms with Crippen LogP contribution in [0.2, 0.25) is 0 Å². The van der Waals surface area contributed by atoms with E-state index >= 15 is 0 Å². The van der Waals surface area contributed by atoms with Crippen molar-refractivity contribution in [1.82, 2.24) is 0 Å². The molecule has 0 aliphatic rings. The molecule has 0 fully saturated rings. The maximum absolute atomic E-state index is 12.3. The Hall–Kier alpha value is -3.69. The van der Waals surface area contributed by atoms with Gasteiger partial charge in [-0.15, -0.1) is 0 Å². The van der Waals surface area contributed by atoms with Crippen LogP contribution in [0.4, 0.5) is 0 Å². The molecule has 0 aromatic heterocycles. The lowest BCUT2D eigenvalue weighted by Crippen LogP contribution is -2.66. The van der Waals surface area contributed by atoms with Crippen molar-refractivity contribution >= 4 is 29.6 Å². The van der Waals surface area contributed by atoms with Gasteiger partial charge in [0.15, 0.2) is 8.07 Å². The Bertz CT molecular complexity index is 1060. The van der Waals surface area contributed by atoms with E-state index in [0.29, 0.717) is 19.4 Å². The molecule has 0 amide bonds. The van der Waals surface area contributed by atoms with E-state index in [1.807, 2.05) is 30.3 Å². The van der Waals surface area contributed by atoms with Crippen LogP contribution in [0.1, 0.15) is 18.4 Å². The minimum Gasteiger partial charge on any atom is -0.461 e. The first-order valence-corrected chi connectivity index (χ1v) is 13.4. The summed E-state index contributed by atoms with van der Waals surface area (Å²) >= 11 is 0. The van der Waals surface area contributed by atoms with Gasteiger partial charge in [-0.25, -0.2) is 0 Å². The minimum atomic E-state index is -2.40. The van der Waals surface area contributed by atoms with Crippen molar-refractivity contribution < 1.29 is 9.53 Å². The Morgan fingerprint density at radius 3 is 1.52 bits per heavy atom. The van der Waals surface area contributed by atoms with Crippen LogP contribution in [0.25, 0.3) is 0 Å². The molecular formula is C30H28O2Si. The van der Waals surface area contributed by atoms with Gasteiger partial charge < -0.3 is 4.74 Å². The van der Waals surface area contributed by atoms with Crippen molar-refractivity contribution in [2.45, 2.75) is 19.4 Å². The molecule has 4 aromatic rings. The van der Waals surface area contributed by atoms with Crippen LogP contribution < -0.4 is 15.6 Å². The number of carbonyl (C=O) groups excluding carboxylic acids is 1. The van der Waals surface area contributed by atoms with E-state index in [0.717, 1.165) is 5.56 Å². The molecule has 0 atom stereocenters. The van der Waals surface area contributed by atoms with Crippen molar-refractivity contribution in [1.29, 1.82) is 0 Å². The van der Waals surface area contributed by atoms with Crippen LogP contribution >= 0.6 is 0 Å². The van der Waals surface area contributed by atoms with Crippen molar-refractivity contribution in [2.75, 3.05) is 0 Å². The molecule has 0 saturated heterocycles. The van der Waals surface area contributed by atoms with Gasteiger partial charge in [0, 0.05) is 6.42 Å². The van der Waals surface area contributed by atoms with Gasteiger partial charge in [0.1, 0.15) is 6.61 Å². The molecule has 4 rings (SSSR count). The topological polar surface area (TPSA) is 26.3 Å². The minimum absolute atomic E-state index is 0.171. The quantitative estimate of drug-likeness (QED) is 0.209. The molecule has 0 aliphatic carbocycles. The summed E-state index contributed by atoms with van der Waals surface area (Å²) < 4.78 is 5.45. The molecular weight excluding hydrogens is 420 g/mol. The molecule has 0 unspecified atom stereocenters. The standard InChI is InChI=1S/C30H28O2Si/c31-30(32-25-26-15-5-1-6-16-26)23-13-14-24-33(27-17-7-2-8-18-27,28-19-9-3-10-20-28)29-21-11-4-12-22-29/h1-12,14-22,24H,13,23,25H2/b24-14+. The second-order valence-corrected chi connectivity index (χ2v) is 11.7. The van der Waals surface area contributed by atoms with Crippen molar-refractivity contribution in [3.05, 3.63) is 139 Å². The predicted octanol–water partition coefficient (Wildman–Crippen LogP) is 4.78. The average molecular weight is 449 g/mol. The Kier molecular flexibility index (Phi) is 7.67. The highest BCUT2D eigenvalue weighted by Gasteiger charge is 2.36. The maximum atomic E-state index is 12.3. The van der Waals surface area contributed by atoms with Gasteiger partial charge in [-0.3, -0.25) is 4.79 Å². The zero-order chi connectivity index (χ0) is 22.8. The van der Waals surface area contributed by atoms with Gasteiger partial charge >= 0.3 is 5.97 Å². The van der Waals surface area contributed by atoms with Gasteiger partial charge in [0.05, 0.1) is 0 Å². The monoisotopic (exact) mass is 448 g/mol. The average Bonchev–Trinajstić information content (AvgIpc) is 2.90. The highest BCUT2D eigenvalue weighted by Crippen LogP contribution is 2.11. The fraction of sp³-hybridized carbons (Fsp3) is 0.100. The first kappa shape index (κ1) is 22.5. The molecule has 0 radical (unpaired) electrons. The van der Waals surface area contributed by atoms with E-state index in [-0.39, 0.29) is 5.97 Å². The summed E-state index contributed by atoms with van der Waals surface area (Å²) in [7, 11) is -2.40. The lowest BCUT2D eigenvalue weighted by atomic mass is 10.2. The van der Waals surface area contributed by atoms with Crippen LogP contribution in [0.5, 0.6) is 0 Å². The SMILES string of the molecule is O=C(CC/C=C/[Si](c1ccccc1)(c1ccccc1)c1ccccc1)OCc1ccccc1. The number of carbonyl (C=O) groups is 1. The molecule has 33 heavy (non-hydrogen) atoms. The fourth-order valence-corrected chi connectivity index (χ4v) is 8.42. The number of rotatable bonds is 9. The number of ether oxygens (including phenoxy) is 1. The second kappa shape index (κ2) is 11.3. The van der Waals surface area contributed by atoms with Gasteiger partial charge in [-0.2, -0.15) is 0 Å². The van der Waals surface area contributed by atoms with Crippen LogP contribution in [0.3, 0.4) is 0 Å². The first-order valence-electron chi connectivity index (χ1n) is 11.3. The zero-order valence-corrected chi connectivity index (χ0v) is 19.6. The molecule has 0 heterocycles. The van der Waals surface area contributed by atoms with Gasteiger partial charge in [-0.05, 0) is 27.5 Å². The van der Waals surface area contributed by atoms with Crippen LogP contribution in [-0.2, 0) is 16.1 Å². The summed E-state index contributed by atoms with van der Waals surface area (Å²) in [5.41, 5.74) is 3.38. The third kappa shape index (κ3) is 5.57. The Morgan fingerprint density at radius 1 is 0.636 bits per heavy atom. The molecule has 0 N–H and O–H groups in total. The van der Waals surface area contributed by atoms with Gasteiger partial charge in [0.2, 0.25) is 0 Å². The van der Waals surface area contributed by atoms with E-state index in [1.165, 1.54) is 15.6 Å². The molecule has 0 aliphatic heterocycles. The lowest BCUT2D eigenvalue weighted by molar-refractivity contribution is -0.144. The van der Waals surface area contributed by atoms with Crippen LogP contribution in [0.15, 0.2) is 133 Å². The highest BCUT2D eigenvalue weighted by atomic mass is 28.3. The van der Waals surface area contributed by atoms with Gasteiger partial charge in [0.25, 0.3) is 0 Å². The molecule has 0 bridgehead atoms. The summed E-state index contributed by atoms with van der Waals surface area (Å²) in [4.78, 5) is 12.3. The van der Waals surface area contributed by atoms with E-state index in [1.54, 1.807) is 0 Å². The number of hydrogen-bond donors (Lipinski definition) is 0. The fourth-order valence-electron chi connectivity index (χ4n) is 4.16. The maximum Gasteiger partial charge on any atom is 0.306 e. The van der Waals surface area contributed by atoms with Crippen LogP contribution in [-0.4, -0.2) is 14.0 Å². The normalized spacial score (nSPS) is 11.4. The lowest BCUT2D eigenvalue weighted by Gasteiger charge is -2.30. The molecule has 0 spiro atoms. The van der Waals surface area contributed by atoms with Crippen LogP contribution in [0, 0.1) is 0 Å². The predicted molar refractivity (Wildman–Crippen MR) is 139 cm³/mol. The van der Waals surface area contributed by atoms with Gasteiger partial charge in [-0.1, -0.05) is 133 Å². The number of allylic oxidation sites excluding steroid dienone is 1. The van der Waals surface area contributed by atoms with Crippen molar-refractivity contribution in [3.63, 3.8) is 0 Å². The Labute approximate surface area is 197 Å². The smallest absolute Gasteiger partial charge is 0.306 e. The van der Waals surface area contributed by atoms with Crippen molar-refractivity contribution in [3.8, 4) is 0 Å². The van der Waals surface area contributed by atoms with E-state index < -0.39 is 8.07 Å². The summed E-state index contributed by atoms with van der Waals surface area (Å²) in [6, 6.07) is 42.0. The third-order valence-electron chi connectivity index (χ3n) is 5.81. The Balaban J connectivity index is 1.58. The largest absolute Gasteiger partial charge is 0.461 e. The van der Waals surface area contributed by atoms with Crippen molar-refractivity contribution in [2.24, 2.45) is 0 Å². The molecule has 4 aromatic carbocycles. The zero-order valence-electron chi connectivity index (χ0n) is 18.6. The summed E-state index contributed by atoms with van der Waals surface area (Å²) in [5.74, 6) is -0.171. The second-order valence-electron chi connectivity index (χ2n) is 7.99. The van der Waals surface area contributed by atoms with E-state index in [4.69, 9.17) is 4.74 Å². The summed E-state index contributed by atoms with van der Waals surface area (Å²) in [6.07, 6.45) is 3.18. The molecule has 2 nitrogen and oxygen atoms in total. The van der Waals surface area contributed by atoms with E-state index in [9.17, 15) is 4.79 Å². The summed E-state index contributed by atoms with van der Waals surface area (Å²) in [5, 5.41) is 3.97. The van der Waals surface area contributed by atoms with E-state index in [2.05, 4.69) is 103 Å². The number of esters is 1. The first-order chi connectivity index (χ1) is 16.3. The highest BCUT2D eigenvalue weighted by molar-refractivity contribution is 7.14. The third-order valence-corrected chi connectivity index (χ3v) is 10.3. The summed E-state index contributed by atoms with van der Waals surface area (Å²) in [6.45, 7) is 0.320. The molecule has 0 saturated carbocycles. The molecule has 3 heteroatoms. The number of benzene rings is 4. The Morgan fingerprint density at radius 2 is 1.06 bits per heavy atom. The number of hydrogen-bond acceptors (Lipinski definition) is 2. The molecule has 164 valence electrons.